The predicted molar refractivity (Wildman–Crippen MR) is 92.2 cm³/mol. The summed E-state index contributed by atoms with van der Waals surface area (Å²) in [5.74, 6) is -20.8. The standard InChI is InChI=1S/C17H5BrF8N4O/c18-6-3-1-5(2-4-6)17(27)30(11-7(19)13(23)28-14(24)8(11)20)31-12-9(21)15(25)29-16(26)10(12)22/h1-4,27H. The molecule has 3 aromatic rings. The van der Waals surface area contributed by atoms with E-state index in [0.717, 1.165) is 12.1 Å². The van der Waals surface area contributed by atoms with Gasteiger partial charge in [0.25, 0.3) is 23.8 Å². The minimum atomic E-state index is -2.25. The van der Waals surface area contributed by atoms with Gasteiger partial charge in [0.15, 0.2) is 11.5 Å². The van der Waals surface area contributed by atoms with Crippen LogP contribution in [0.15, 0.2) is 28.7 Å². The number of aromatic nitrogens is 2. The lowest BCUT2D eigenvalue weighted by Crippen LogP contribution is -2.37. The SMILES string of the molecule is N=C(c1ccc(Br)cc1)N(Oc1c(F)c(F)nc(F)c1F)c1c(F)c(F)nc(F)c1F. The molecule has 1 aromatic carbocycles. The summed E-state index contributed by atoms with van der Waals surface area (Å²) >= 11 is 3.08. The summed E-state index contributed by atoms with van der Waals surface area (Å²) in [5.41, 5.74) is -2.07. The number of anilines is 1. The zero-order chi connectivity index (χ0) is 23.0. The Morgan fingerprint density at radius 1 is 0.742 bits per heavy atom. The summed E-state index contributed by atoms with van der Waals surface area (Å²) in [6.45, 7) is 0. The molecule has 3 rings (SSSR count). The largest absolute Gasteiger partial charge is 0.366 e. The first-order chi connectivity index (χ1) is 14.5. The Balaban J connectivity index is 2.25. The van der Waals surface area contributed by atoms with Gasteiger partial charge in [-0.3, -0.25) is 5.41 Å². The van der Waals surface area contributed by atoms with Crippen molar-refractivity contribution in [3.8, 4) is 5.75 Å². The molecular formula is C17H5BrF8N4O. The maximum atomic E-state index is 14.3. The fourth-order valence-corrected chi connectivity index (χ4v) is 2.49. The lowest BCUT2D eigenvalue weighted by atomic mass is 10.2. The Kier molecular flexibility index (Phi) is 6.10. The molecule has 2 heterocycles. The van der Waals surface area contributed by atoms with Gasteiger partial charge >= 0.3 is 0 Å². The highest BCUT2D eigenvalue weighted by atomic mass is 79.9. The maximum absolute atomic E-state index is 14.3. The number of halogens is 9. The van der Waals surface area contributed by atoms with Crippen LogP contribution in [-0.2, 0) is 0 Å². The van der Waals surface area contributed by atoms with Gasteiger partial charge in [0.2, 0.25) is 29.0 Å². The third kappa shape index (κ3) is 4.15. The van der Waals surface area contributed by atoms with Gasteiger partial charge < -0.3 is 4.84 Å². The molecule has 0 aliphatic rings. The number of rotatable bonds is 4. The van der Waals surface area contributed by atoms with Gasteiger partial charge in [-0.15, -0.1) is 0 Å². The fraction of sp³-hybridized carbons (Fsp3) is 0. The molecule has 0 aliphatic carbocycles. The zero-order valence-corrected chi connectivity index (χ0v) is 16.0. The van der Waals surface area contributed by atoms with E-state index in [2.05, 4.69) is 30.7 Å². The lowest BCUT2D eigenvalue weighted by molar-refractivity contribution is 0.265. The van der Waals surface area contributed by atoms with Crippen LogP contribution in [0.3, 0.4) is 0 Å². The molecule has 31 heavy (non-hydrogen) atoms. The summed E-state index contributed by atoms with van der Waals surface area (Å²) in [7, 11) is 0. The molecule has 0 fully saturated rings. The summed E-state index contributed by atoms with van der Waals surface area (Å²) in [4.78, 5) is 9.11. The van der Waals surface area contributed by atoms with Crippen LogP contribution in [0.4, 0.5) is 40.8 Å². The van der Waals surface area contributed by atoms with Crippen LogP contribution < -0.4 is 9.90 Å². The van der Waals surface area contributed by atoms with Crippen molar-refractivity contribution in [2.75, 3.05) is 5.06 Å². The molecule has 162 valence electrons. The van der Waals surface area contributed by atoms with Crippen LogP contribution in [0.1, 0.15) is 5.56 Å². The van der Waals surface area contributed by atoms with E-state index < -0.39 is 69.4 Å². The van der Waals surface area contributed by atoms with E-state index in [1.54, 1.807) is 0 Å². The topological polar surface area (TPSA) is 62.1 Å². The molecule has 0 aliphatic heterocycles. The van der Waals surface area contributed by atoms with Gasteiger partial charge in [0, 0.05) is 10.0 Å². The van der Waals surface area contributed by atoms with Crippen molar-refractivity contribution in [2.24, 2.45) is 0 Å². The van der Waals surface area contributed by atoms with Gasteiger partial charge in [-0.05, 0) is 12.1 Å². The van der Waals surface area contributed by atoms with Crippen LogP contribution in [0.5, 0.6) is 5.75 Å². The highest BCUT2D eigenvalue weighted by Crippen LogP contribution is 2.32. The van der Waals surface area contributed by atoms with E-state index in [4.69, 9.17) is 5.41 Å². The number of hydrogen-bond acceptors (Lipinski definition) is 4. The number of benzene rings is 1. The molecule has 0 radical (unpaired) electrons. The smallest absolute Gasteiger partial charge is 0.255 e. The first-order valence-electron chi connectivity index (χ1n) is 7.75. The molecule has 0 amide bonds. The number of amidine groups is 1. The molecular weight excluding hydrogens is 508 g/mol. The quantitative estimate of drug-likeness (QED) is 0.172. The van der Waals surface area contributed by atoms with Crippen LogP contribution in [0, 0.1) is 52.5 Å². The van der Waals surface area contributed by atoms with Gasteiger partial charge in [-0.2, -0.15) is 50.2 Å². The predicted octanol–water partition coefficient (Wildman–Crippen LogP) is 5.18. The molecule has 0 bridgehead atoms. The normalized spacial score (nSPS) is 10.9. The van der Waals surface area contributed by atoms with Crippen molar-refractivity contribution in [3.63, 3.8) is 0 Å². The Labute approximate surface area is 175 Å². The van der Waals surface area contributed by atoms with Crippen LogP contribution >= 0.6 is 15.9 Å². The number of nitrogens with zero attached hydrogens (tertiary/aromatic N) is 3. The third-order valence-electron chi connectivity index (χ3n) is 3.64. The minimum Gasteiger partial charge on any atom is -0.366 e. The van der Waals surface area contributed by atoms with Crippen molar-refractivity contribution < 1.29 is 40.0 Å². The number of nitrogens with one attached hydrogen (secondary N) is 1. The van der Waals surface area contributed by atoms with Crippen molar-refractivity contribution in [1.29, 1.82) is 5.41 Å². The minimum absolute atomic E-state index is 0.254. The van der Waals surface area contributed by atoms with Gasteiger partial charge in [-0.25, -0.2) is 0 Å². The maximum Gasteiger partial charge on any atom is 0.255 e. The Morgan fingerprint density at radius 2 is 1.16 bits per heavy atom. The second-order valence-electron chi connectivity index (χ2n) is 5.56. The Bertz CT molecular complexity index is 1140. The monoisotopic (exact) mass is 512 g/mol. The van der Waals surface area contributed by atoms with Crippen molar-refractivity contribution in [2.45, 2.75) is 0 Å². The average molecular weight is 513 g/mol. The number of hydrogen-bond donors (Lipinski definition) is 1. The highest BCUT2D eigenvalue weighted by molar-refractivity contribution is 9.10. The van der Waals surface area contributed by atoms with E-state index >= 15 is 0 Å². The Morgan fingerprint density at radius 3 is 1.61 bits per heavy atom. The molecule has 0 atom stereocenters. The van der Waals surface area contributed by atoms with Gasteiger partial charge in [0.05, 0.1) is 0 Å². The van der Waals surface area contributed by atoms with E-state index in [1.807, 2.05) is 0 Å². The summed E-state index contributed by atoms with van der Waals surface area (Å²) in [6.07, 6.45) is 0. The fourth-order valence-electron chi connectivity index (χ4n) is 2.22. The lowest BCUT2D eigenvalue weighted by Gasteiger charge is -2.25. The van der Waals surface area contributed by atoms with Crippen molar-refractivity contribution >= 4 is 27.5 Å². The van der Waals surface area contributed by atoms with Crippen molar-refractivity contribution in [3.05, 3.63) is 81.4 Å². The van der Waals surface area contributed by atoms with Gasteiger partial charge in [-0.1, -0.05) is 28.1 Å². The molecule has 1 N–H and O–H groups in total. The van der Waals surface area contributed by atoms with Crippen LogP contribution in [-0.4, -0.2) is 15.8 Å². The van der Waals surface area contributed by atoms with E-state index in [0.29, 0.717) is 4.47 Å². The zero-order valence-electron chi connectivity index (χ0n) is 14.5. The molecule has 2 aromatic heterocycles. The van der Waals surface area contributed by atoms with Crippen LogP contribution in [0.2, 0.25) is 0 Å². The molecule has 0 spiro atoms. The molecule has 5 nitrogen and oxygen atoms in total. The second-order valence-corrected chi connectivity index (χ2v) is 6.48. The molecule has 0 saturated heterocycles. The second kappa shape index (κ2) is 8.45. The summed E-state index contributed by atoms with van der Waals surface area (Å²) < 4.78 is 111. The number of pyridine rings is 2. The third-order valence-corrected chi connectivity index (χ3v) is 4.17. The van der Waals surface area contributed by atoms with Crippen molar-refractivity contribution in [1.82, 2.24) is 9.97 Å². The molecule has 0 saturated carbocycles. The van der Waals surface area contributed by atoms with E-state index in [1.165, 1.54) is 12.1 Å². The van der Waals surface area contributed by atoms with E-state index in [9.17, 15) is 35.1 Å². The number of hydroxylamine groups is 1. The highest BCUT2D eigenvalue weighted by Gasteiger charge is 2.33. The summed E-state index contributed by atoms with van der Waals surface area (Å²) in [5, 5.41) is 7.67. The van der Waals surface area contributed by atoms with Crippen LogP contribution in [0.25, 0.3) is 0 Å². The van der Waals surface area contributed by atoms with Gasteiger partial charge in [0.1, 0.15) is 0 Å². The first kappa shape index (κ1) is 22.4. The summed E-state index contributed by atoms with van der Waals surface area (Å²) in [6, 6.07) is 4.95. The first-order valence-corrected chi connectivity index (χ1v) is 8.54. The average Bonchev–Trinajstić information content (AvgIpc) is 2.72. The molecule has 14 heteroatoms. The van der Waals surface area contributed by atoms with E-state index in [-0.39, 0.29) is 5.56 Å². The molecule has 0 unspecified atom stereocenters. The Hall–Kier alpha value is -3.29.